The fraction of sp³-hybridized carbons (Fsp3) is 1.00. The molecular weight excluding hydrogens is 282 g/mol. The molecule has 0 aromatic rings. The average molecular weight is 326 g/mol. The van der Waals surface area contributed by atoms with Gasteiger partial charge in [-0.25, -0.2) is 0 Å². The van der Waals surface area contributed by atoms with Gasteiger partial charge in [-0.3, -0.25) is 0 Å². The first kappa shape index (κ1) is 21.0. The maximum Gasteiger partial charge on any atom is 0.0783 e. The van der Waals surface area contributed by atoms with Crippen molar-refractivity contribution in [1.82, 2.24) is 0 Å². The van der Waals surface area contributed by atoms with Gasteiger partial charge in [0.15, 0.2) is 0 Å². The highest BCUT2D eigenvalue weighted by Crippen LogP contribution is 2.19. The lowest BCUT2D eigenvalue weighted by molar-refractivity contribution is -0.885. The van der Waals surface area contributed by atoms with E-state index in [9.17, 15) is 5.21 Å². The minimum atomic E-state index is 0.123. The zero-order valence-electron chi connectivity index (χ0n) is 16.0. The van der Waals surface area contributed by atoms with Gasteiger partial charge < -0.3 is 9.85 Å². The Kier molecular flexibility index (Phi) is 13.0. The third-order valence-electron chi connectivity index (χ3n) is 5.55. The summed E-state index contributed by atoms with van der Waals surface area (Å²) in [6, 6.07) is 0. The normalized spacial score (nSPS) is 17.5. The van der Waals surface area contributed by atoms with Crippen LogP contribution in [0.2, 0.25) is 0 Å². The van der Waals surface area contributed by atoms with Gasteiger partial charge in [0, 0.05) is 0 Å². The lowest BCUT2D eigenvalue weighted by Gasteiger charge is -2.45. The quantitative estimate of drug-likeness (QED) is 0.181. The van der Waals surface area contributed by atoms with E-state index in [2.05, 4.69) is 6.92 Å². The molecule has 1 heterocycles. The number of likely N-dealkylation sites (tertiary alicyclic amines) is 1. The molecule has 0 bridgehead atoms. The molecule has 0 aliphatic carbocycles. The van der Waals surface area contributed by atoms with E-state index in [4.69, 9.17) is 0 Å². The third-order valence-corrected chi connectivity index (χ3v) is 5.55. The standard InChI is InChI=1S/C21H43NO/c1-2-3-4-5-6-7-8-9-10-11-12-13-14-16-19-22(23)20-17-15-18-21-22/h2-21H2,1H3. The smallest absolute Gasteiger partial charge is 0.0783 e. The van der Waals surface area contributed by atoms with Crippen molar-refractivity contribution in [2.24, 2.45) is 0 Å². The number of hydrogen-bond donors (Lipinski definition) is 0. The fourth-order valence-electron chi connectivity index (χ4n) is 3.91. The maximum absolute atomic E-state index is 12.4. The zero-order valence-corrected chi connectivity index (χ0v) is 16.0. The number of piperidine rings is 1. The molecule has 1 aliphatic heterocycles. The number of nitrogens with zero attached hydrogens (tertiary/aromatic N) is 1. The van der Waals surface area contributed by atoms with Crippen LogP contribution in [0.25, 0.3) is 0 Å². The first-order valence-electron chi connectivity index (χ1n) is 10.8. The van der Waals surface area contributed by atoms with E-state index >= 15 is 0 Å². The van der Waals surface area contributed by atoms with Crippen LogP contribution in [0.15, 0.2) is 0 Å². The molecule has 138 valence electrons. The zero-order chi connectivity index (χ0) is 16.6. The first-order chi connectivity index (χ1) is 11.3. The largest absolute Gasteiger partial charge is 0.633 e. The molecule has 0 saturated carbocycles. The van der Waals surface area contributed by atoms with Gasteiger partial charge in [0.25, 0.3) is 0 Å². The van der Waals surface area contributed by atoms with Crippen molar-refractivity contribution in [1.29, 1.82) is 0 Å². The Hall–Kier alpha value is -0.0800. The minimum Gasteiger partial charge on any atom is -0.633 e. The van der Waals surface area contributed by atoms with Crippen molar-refractivity contribution in [3.05, 3.63) is 5.21 Å². The molecule has 2 nitrogen and oxygen atoms in total. The topological polar surface area (TPSA) is 23.1 Å². The van der Waals surface area contributed by atoms with Crippen LogP contribution in [0.1, 0.15) is 116 Å². The maximum atomic E-state index is 12.4. The molecule has 2 heteroatoms. The molecule has 0 unspecified atom stereocenters. The molecule has 0 atom stereocenters. The van der Waals surface area contributed by atoms with Crippen LogP contribution in [0.3, 0.4) is 0 Å². The van der Waals surface area contributed by atoms with Crippen molar-refractivity contribution < 1.29 is 4.65 Å². The summed E-state index contributed by atoms with van der Waals surface area (Å²) >= 11 is 0. The van der Waals surface area contributed by atoms with Gasteiger partial charge in [0.1, 0.15) is 0 Å². The predicted molar refractivity (Wildman–Crippen MR) is 102 cm³/mol. The van der Waals surface area contributed by atoms with Gasteiger partial charge in [-0.05, 0) is 32.1 Å². The lowest BCUT2D eigenvalue weighted by Crippen LogP contribution is -2.46. The van der Waals surface area contributed by atoms with E-state index in [1.165, 1.54) is 89.9 Å². The molecule has 1 aliphatic rings. The second kappa shape index (κ2) is 14.3. The Morgan fingerprint density at radius 2 is 0.957 bits per heavy atom. The van der Waals surface area contributed by atoms with Crippen LogP contribution in [-0.4, -0.2) is 24.3 Å². The van der Waals surface area contributed by atoms with E-state index in [0.29, 0.717) is 0 Å². The molecule has 23 heavy (non-hydrogen) atoms. The van der Waals surface area contributed by atoms with E-state index in [0.717, 1.165) is 38.9 Å². The van der Waals surface area contributed by atoms with Crippen molar-refractivity contribution in [2.45, 2.75) is 116 Å². The Morgan fingerprint density at radius 1 is 0.565 bits per heavy atom. The molecule has 1 fully saturated rings. The summed E-state index contributed by atoms with van der Waals surface area (Å²) in [4.78, 5) is 0. The lowest BCUT2D eigenvalue weighted by atomic mass is 10.0. The van der Waals surface area contributed by atoms with Gasteiger partial charge in [-0.2, -0.15) is 0 Å². The molecule has 0 radical (unpaired) electrons. The number of unbranched alkanes of at least 4 members (excludes halogenated alkanes) is 13. The van der Waals surface area contributed by atoms with Gasteiger partial charge >= 0.3 is 0 Å². The summed E-state index contributed by atoms with van der Waals surface area (Å²) in [5.41, 5.74) is 0. The number of hydroxylamine groups is 3. The SMILES string of the molecule is CCCCCCCCCCCCCCCC[N+]1([O-])CCCCC1. The van der Waals surface area contributed by atoms with E-state index in [1.807, 2.05) is 0 Å². The second-order valence-electron chi connectivity index (χ2n) is 7.89. The van der Waals surface area contributed by atoms with Gasteiger partial charge in [0.2, 0.25) is 0 Å². The highest BCUT2D eigenvalue weighted by Gasteiger charge is 2.19. The summed E-state index contributed by atoms with van der Waals surface area (Å²) < 4.78 is 0.123. The van der Waals surface area contributed by atoms with E-state index < -0.39 is 0 Å². The summed E-state index contributed by atoms with van der Waals surface area (Å²) in [7, 11) is 0. The van der Waals surface area contributed by atoms with Crippen LogP contribution in [0.5, 0.6) is 0 Å². The summed E-state index contributed by atoms with van der Waals surface area (Å²) in [5.74, 6) is 0. The third kappa shape index (κ3) is 12.0. The first-order valence-corrected chi connectivity index (χ1v) is 10.8. The van der Waals surface area contributed by atoms with Gasteiger partial charge in [-0.1, -0.05) is 84.0 Å². The fourth-order valence-corrected chi connectivity index (χ4v) is 3.91. The molecule has 0 amide bonds. The molecule has 0 aromatic carbocycles. The van der Waals surface area contributed by atoms with E-state index in [-0.39, 0.29) is 4.65 Å². The van der Waals surface area contributed by atoms with Crippen molar-refractivity contribution in [3.8, 4) is 0 Å². The molecule has 0 spiro atoms. The Labute approximate surface area is 146 Å². The van der Waals surface area contributed by atoms with Gasteiger partial charge in [-0.15, -0.1) is 0 Å². The second-order valence-corrected chi connectivity index (χ2v) is 7.89. The molecule has 1 saturated heterocycles. The Balaban J connectivity index is 1.74. The highest BCUT2D eigenvalue weighted by molar-refractivity contribution is 4.55. The monoisotopic (exact) mass is 325 g/mol. The highest BCUT2D eigenvalue weighted by atomic mass is 16.5. The van der Waals surface area contributed by atoms with E-state index in [1.54, 1.807) is 0 Å². The molecule has 1 rings (SSSR count). The molecule has 0 aromatic heterocycles. The van der Waals surface area contributed by atoms with Crippen molar-refractivity contribution in [3.63, 3.8) is 0 Å². The average Bonchev–Trinajstić information content (AvgIpc) is 2.56. The van der Waals surface area contributed by atoms with Crippen LogP contribution < -0.4 is 0 Å². The molecule has 0 N–H and O–H groups in total. The van der Waals surface area contributed by atoms with Crippen LogP contribution in [0, 0.1) is 5.21 Å². The summed E-state index contributed by atoms with van der Waals surface area (Å²) in [6.45, 7) is 4.95. The summed E-state index contributed by atoms with van der Waals surface area (Å²) in [6.07, 6.45) is 23.1. The van der Waals surface area contributed by atoms with Crippen LogP contribution in [-0.2, 0) is 0 Å². The van der Waals surface area contributed by atoms with Gasteiger partial charge in [0.05, 0.1) is 19.6 Å². The molecular formula is C21H43NO. The number of hydrogen-bond acceptors (Lipinski definition) is 1. The van der Waals surface area contributed by atoms with Crippen molar-refractivity contribution >= 4 is 0 Å². The Morgan fingerprint density at radius 3 is 1.39 bits per heavy atom. The minimum absolute atomic E-state index is 0.123. The van der Waals surface area contributed by atoms with Crippen molar-refractivity contribution in [2.75, 3.05) is 19.6 Å². The number of quaternary nitrogens is 1. The predicted octanol–water partition coefficient (Wildman–Crippen LogP) is 6.97. The summed E-state index contributed by atoms with van der Waals surface area (Å²) in [5, 5.41) is 12.4. The number of rotatable bonds is 15. The van der Waals surface area contributed by atoms with Crippen LogP contribution >= 0.6 is 0 Å². The van der Waals surface area contributed by atoms with Crippen LogP contribution in [0.4, 0.5) is 0 Å². The Bertz CT molecular complexity index is 248.